The average Bonchev–Trinajstić information content (AvgIpc) is 2.92. The number of ether oxygens (including phenoxy) is 1. The number of rotatable bonds is 7. The van der Waals surface area contributed by atoms with E-state index in [0.29, 0.717) is 12.4 Å². The van der Waals surface area contributed by atoms with Crippen molar-refractivity contribution in [1.29, 1.82) is 0 Å². The maximum absolute atomic E-state index is 12.2. The van der Waals surface area contributed by atoms with Crippen LogP contribution in [-0.4, -0.2) is 17.5 Å². The number of aromatic hydroxyl groups is 1. The molecule has 1 heterocycles. The van der Waals surface area contributed by atoms with Crippen molar-refractivity contribution in [2.45, 2.75) is 26.7 Å². The Bertz CT molecular complexity index is 671. The fraction of sp³-hybridized carbons (Fsp3) is 0.278. The first-order chi connectivity index (χ1) is 10.6. The third-order valence-electron chi connectivity index (χ3n) is 3.16. The lowest BCUT2D eigenvalue weighted by Crippen LogP contribution is -1.99. The van der Waals surface area contributed by atoms with Crippen molar-refractivity contribution in [2.75, 3.05) is 6.61 Å². The maximum atomic E-state index is 12.2. The molecule has 116 valence electrons. The number of hydrogen-bond donors (Lipinski definition) is 1. The van der Waals surface area contributed by atoms with E-state index >= 15 is 0 Å². The van der Waals surface area contributed by atoms with Crippen molar-refractivity contribution in [1.82, 2.24) is 0 Å². The second-order valence-corrected chi connectivity index (χ2v) is 6.35. The third kappa shape index (κ3) is 4.46. The van der Waals surface area contributed by atoms with Crippen molar-refractivity contribution in [3.05, 3.63) is 51.7 Å². The van der Waals surface area contributed by atoms with Crippen LogP contribution in [0.2, 0.25) is 0 Å². The summed E-state index contributed by atoms with van der Waals surface area (Å²) in [7, 11) is 0. The summed E-state index contributed by atoms with van der Waals surface area (Å²) in [6.45, 7) is 4.72. The van der Waals surface area contributed by atoms with Crippen molar-refractivity contribution in [3.8, 4) is 11.5 Å². The highest BCUT2D eigenvalue weighted by Gasteiger charge is 2.10. The summed E-state index contributed by atoms with van der Waals surface area (Å²) in [6.07, 6.45) is 5.26. The van der Waals surface area contributed by atoms with E-state index in [1.54, 1.807) is 29.5 Å². The van der Waals surface area contributed by atoms with E-state index in [1.165, 1.54) is 17.0 Å². The van der Waals surface area contributed by atoms with Crippen LogP contribution in [0.1, 0.15) is 39.9 Å². The van der Waals surface area contributed by atoms with Crippen molar-refractivity contribution >= 4 is 23.2 Å². The molecule has 0 bridgehead atoms. The molecule has 0 fully saturated rings. The molecule has 22 heavy (non-hydrogen) atoms. The number of carbonyl (C=O) groups is 1. The standard InChI is InChI=1S/C18H20O3S/c1-3-4-11-21-14-6-9-17(19)16(12-14)18(20)10-8-15-7-5-13(2)22-15/h5-10,12,19H,3-4,11H2,1-2H3/b10-8+. The molecular weight excluding hydrogens is 296 g/mol. The molecule has 0 unspecified atom stereocenters. The lowest BCUT2D eigenvalue weighted by molar-refractivity contribution is 0.104. The first-order valence-electron chi connectivity index (χ1n) is 7.35. The fourth-order valence-corrected chi connectivity index (χ4v) is 2.71. The highest BCUT2D eigenvalue weighted by molar-refractivity contribution is 7.12. The number of phenols is 1. The molecular formula is C18H20O3S. The lowest BCUT2D eigenvalue weighted by Gasteiger charge is -2.07. The Morgan fingerprint density at radius 2 is 2.14 bits per heavy atom. The lowest BCUT2D eigenvalue weighted by atomic mass is 10.1. The van der Waals surface area contributed by atoms with Crippen LogP contribution >= 0.6 is 11.3 Å². The molecule has 0 amide bonds. The number of carbonyl (C=O) groups excluding carboxylic acids is 1. The predicted octanol–water partition coefficient (Wildman–Crippen LogP) is 4.84. The first kappa shape index (κ1) is 16.3. The number of unbranched alkanes of at least 4 members (excludes halogenated alkanes) is 1. The number of allylic oxidation sites excluding steroid dienone is 1. The molecule has 4 heteroatoms. The van der Waals surface area contributed by atoms with Gasteiger partial charge in [-0.1, -0.05) is 13.3 Å². The van der Waals surface area contributed by atoms with Gasteiger partial charge in [0.1, 0.15) is 11.5 Å². The molecule has 2 aromatic rings. The zero-order valence-electron chi connectivity index (χ0n) is 12.8. The Labute approximate surface area is 134 Å². The van der Waals surface area contributed by atoms with E-state index in [1.807, 2.05) is 19.1 Å². The molecule has 0 aliphatic carbocycles. The molecule has 0 saturated carbocycles. The molecule has 1 aromatic carbocycles. The summed E-state index contributed by atoms with van der Waals surface area (Å²) in [5.74, 6) is 0.347. The molecule has 0 radical (unpaired) electrons. The fourth-order valence-electron chi connectivity index (χ4n) is 1.93. The third-order valence-corrected chi connectivity index (χ3v) is 4.13. The van der Waals surface area contributed by atoms with E-state index in [0.717, 1.165) is 17.7 Å². The predicted molar refractivity (Wildman–Crippen MR) is 90.9 cm³/mol. The summed E-state index contributed by atoms with van der Waals surface area (Å²) in [4.78, 5) is 14.4. The molecule has 2 rings (SSSR count). The van der Waals surface area contributed by atoms with Crippen LogP contribution in [0.3, 0.4) is 0 Å². The number of aryl methyl sites for hydroxylation is 1. The minimum atomic E-state index is -0.232. The second-order valence-electron chi connectivity index (χ2n) is 5.03. The second kappa shape index (κ2) is 7.80. The Hall–Kier alpha value is -2.07. The summed E-state index contributed by atoms with van der Waals surface area (Å²) in [6, 6.07) is 8.74. The Kier molecular flexibility index (Phi) is 5.78. The monoisotopic (exact) mass is 316 g/mol. The SMILES string of the molecule is CCCCOc1ccc(O)c(C(=O)/C=C/c2ccc(C)s2)c1. The van der Waals surface area contributed by atoms with Crippen molar-refractivity contribution in [2.24, 2.45) is 0 Å². The van der Waals surface area contributed by atoms with Crippen LogP contribution in [-0.2, 0) is 0 Å². The summed E-state index contributed by atoms with van der Waals surface area (Å²) < 4.78 is 5.57. The normalized spacial score (nSPS) is 11.0. The highest BCUT2D eigenvalue weighted by atomic mass is 32.1. The quantitative estimate of drug-likeness (QED) is 0.452. The van der Waals surface area contributed by atoms with E-state index in [2.05, 4.69) is 6.92 Å². The van der Waals surface area contributed by atoms with Gasteiger partial charge >= 0.3 is 0 Å². The Morgan fingerprint density at radius 3 is 2.82 bits per heavy atom. The summed E-state index contributed by atoms with van der Waals surface area (Å²) in [5, 5.41) is 9.87. The van der Waals surface area contributed by atoms with Crippen molar-refractivity contribution < 1.29 is 14.6 Å². The van der Waals surface area contributed by atoms with Crippen molar-refractivity contribution in [3.63, 3.8) is 0 Å². The van der Waals surface area contributed by atoms with Crippen LogP contribution in [0.25, 0.3) is 6.08 Å². The molecule has 1 N–H and O–H groups in total. The zero-order valence-corrected chi connectivity index (χ0v) is 13.7. The first-order valence-corrected chi connectivity index (χ1v) is 8.16. The number of phenolic OH excluding ortho intramolecular Hbond substituents is 1. The van der Waals surface area contributed by atoms with Gasteiger partial charge in [0.15, 0.2) is 5.78 Å². The van der Waals surface area contributed by atoms with Gasteiger partial charge in [-0.2, -0.15) is 0 Å². The molecule has 3 nitrogen and oxygen atoms in total. The minimum Gasteiger partial charge on any atom is -0.507 e. The largest absolute Gasteiger partial charge is 0.507 e. The van der Waals surface area contributed by atoms with Gasteiger partial charge in [0.25, 0.3) is 0 Å². The van der Waals surface area contributed by atoms with Crippen LogP contribution in [0, 0.1) is 6.92 Å². The van der Waals surface area contributed by atoms with Gasteiger partial charge < -0.3 is 9.84 Å². The molecule has 0 spiro atoms. The summed E-state index contributed by atoms with van der Waals surface area (Å²) in [5.41, 5.74) is 0.263. The van der Waals surface area contributed by atoms with Gasteiger partial charge in [0.05, 0.1) is 12.2 Å². The van der Waals surface area contributed by atoms with Gasteiger partial charge in [-0.15, -0.1) is 11.3 Å². The van der Waals surface area contributed by atoms with E-state index in [9.17, 15) is 9.90 Å². The van der Waals surface area contributed by atoms with E-state index in [-0.39, 0.29) is 17.1 Å². The van der Waals surface area contributed by atoms with Crippen LogP contribution < -0.4 is 4.74 Å². The number of hydrogen-bond acceptors (Lipinski definition) is 4. The van der Waals surface area contributed by atoms with E-state index in [4.69, 9.17) is 4.74 Å². The molecule has 0 aliphatic rings. The Morgan fingerprint density at radius 1 is 1.32 bits per heavy atom. The number of benzene rings is 1. The average molecular weight is 316 g/mol. The number of thiophene rings is 1. The van der Waals surface area contributed by atoms with Gasteiger partial charge in [0.2, 0.25) is 0 Å². The van der Waals surface area contributed by atoms with Crippen LogP contribution in [0.15, 0.2) is 36.4 Å². The molecule has 0 aliphatic heterocycles. The maximum Gasteiger partial charge on any atom is 0.189 e. The molecule has 0 atom stereocenters. The zero-order chi connectivity index (χ0) is 15.9. The van der Waals surface area contributed by atoms with Gasteiger partial charge in [-0.05, 0) is 55.8 Å². The van der Waals surface area contributed by atoms with Gasteiger partial charge in [-0.25, -0.2) is 0 Å². The minimum absolute atomic E-state index is 0.0279. The summed E-state index contributed by atoms with van der Waals surface area (Å²) >= 11 is 1.62. The van der Waals surface area contributed by atoms with Gasteiger partial charge in [-0.3, -0.25) is 4.79 Å². The highest BCUT2D eigenvalue weighted by Crippen LogP contribution is 2.25. The van der Waals surface area contributed by atoms with Crippen LogP contribution in [0.4, 0.5) is 0 Å². The molecule has 1 aromatic heterocycles. The van der Waals surface area contributed by atoms with Gasteiger partial charge in [0, 0.05) is 9.75 Å². The molecule has 0 saturated heterocycles. The Balaban J connectivity index is 2.10. The smallest absolute Gasteiger partial charge is 0.189 e. The van der Waals surface area contributed by atoms with Crippen LogP contribution in [0.5, 0.6) is 11.5 Å². The topological polar surface area (TPSA) is 46.5 Å². The van der Waals surface area contributed by atoms with E-state index < -0.39 is 0 Å². The number of ketones is 1.